The van der Waals surface area contributed by atoms with Gasteiger partial charge in [0.2, 0.25) is 0 Å². The van der Waals surface area contributed by atoms with Crippen molar-refractivity contribution in [2.45, 2.75) is 84.8 Å². The normalized spacial score (nSPS) is 15.6. The van der Waals surface area contributed by atoms with Gasteiger partial charge in [0, 0.05) is 5.41 Å². The molecule has 2 atom stereocenters. The molecule has 2 aromatic carbocycles. The number of carbonyl (C=O) groups excluding carboxylic acids is 2. The molecule has 4 nitrogen and oxygen atoms in total. The second kappa shape index (κ2) is 10.5. The van der Waals surface area contributed by atoms with E-state index in [4.69, 9.17) is 9.47 Å². The van der Waals surface area contributed by atoms with Gasteiger partial charge in [-0.25, -0.2) is 0 Å². The summed E-state index contributed by atoms with van der Waals surface area (Å²) in [6.45, 7) is 11.7. The van der Waals surface area contributed by atoms with Gasteiger partial charge in [0.25, 0.3) is 0 Å². The average molecular weight is 451 g/mol. The third-order valence-corrected chi connectivity index (χ3v) is 6.56. The van der Waals surface area contributed by atoms with Crippen molar-refractivity contribution in [2.75, 3.05) is 0 Å². The van der Waals surface area contributed by atoms with Gasteiger partial charge in [-0.2, -0.15) is 0 Å². The van der Waals surface area contributed by atoms with Crippen molar-refractivity contribution >= 4 is 11.9 Å². The summed E-state index contributed by atoms with van der Waals surface area (Å²) >= 11 is 0. The predicted octanol–water partition coefficient (Wildman–Crippen LogP) is 6.69. The number of esters is 2. The van der Waals surface area contributed by atoms with Crippen LogP contribution in [0.3, 0.4) is 0 Å². The van der Waals surface area contributed by atoms with Gasteiger partial charge in [0.15, 0.2) is 0 Å². The molecule has 0 radical (unpaired) electrons. The molecule has 0 fully saturated rings. The Balaban J connectivity index is 2.38. The van der Waals surface area contributed by atoms with Crippen molar-refractivity contribution in [1.82, 2.24) is 0 Å². The van der Waals surface area contributed by atoms with Crippen LogP contribution < -0.4 is 0 Å². The maximum absolute atomic E-state index is 13.7. The van der Waals surface area contributed by atoms with Gasteiger partial charge in [-0.1, -0.05) is 75.2 Å². The first-order valence-electron chi connectivity index (χ1n) is 12.4. The van der Waals surface area contributed by atoms with E-state index in [9.17, 15) is 9.59 Å². The molecule has 2 unspecified atom stereocenters. The maximum Gasteiger partial charge on any atom is 0.310 e. The van der Waals surface area contributed by atoms with E-state index in [1.165, 1.54) is 0 Å². The first kappa shape index (κ1) is 25.0. The lowest BCUT2D eigenvalue weighted by molar-refractivity contribution is -0.161. The smallest absolute Gasteiger partial charge is 0.310 e. The molecular formula is C29H38O4. The molecule has 33 heavy (non-hydrogen) atoms. The van der Waals surface area contributed by atoms with E-state index in [0.717, 1.165) is 35.1 Å². The fraction of sp³-hybridized carbons (Fsp3) is 0.517. The number of ether oxygens (including phenoxy) is 2. The molecule has 0 spiro atoms. The number of hydrogen-bond donors (Lipinski definition) is 0. The van der Waals surface area contributed by atoms with Gasteiger partial charge in [0.05, 0.1) is 24.0 Å². The fourth-order valence-corrected chi connectivity index (χ4v) is 5.57. The second-order valence-corrected chi connectivity index (χ2v) is 9.61. The Labute approximate surface area is 198 Å². The molecule has 0 amide bonds. The van der Waals surface area contributed by atoms with Crippen LogP contribution in [0.25, 0.3) is 11.1 Å². The summed E-state index contributed by atoms with van der Waals surface area (Å²) in [4.78, 5) is 27.5. The average Bonchev–Trinajstić information content (AvgIpc) is 3.06. The van der Waals surface area contributed by atoms with E-state index in [2.05, 4.69) is 38.1 Å². The van der Waals surface area contributed by atoms with Crippen LogP contribution in [-0.2, 0) is 24.5 Å². The van der Waals surface area contributed by atoms with E-state index in [1.807, 2.05) is 52.0 Å². The van der Waals surface area contributed by atoms with Crippen LogP contribution in [0.15, 0.2) is 48.5 Å². The first-order valence-corrected chi connectivity index (χ1v) is 12.4. The van der Waals surface area contributed by atoms with Crippen LogP contribution >= 0.6 is 0 Å². The Morgan fingerprint density at radius 1 is 0.697 bits per heavy atom. The predicted molar refractivity (Wildman–Crippen MR) is 132 cm³/mol. The van der Waals surface area contributed by atoms with Crippen LogP contribution in [-0.4, -0.2) is 24.1 Å². The highest BCUT2D eigenvalue weighted by atomic mass is 16.5. The number of rotatable bonds is 10. The zero-order valence-electron chi connectivity index (χ0n) is 20.9. The summed E-state index contributed by atoms with van der Waals surface area (Å²) in [5.74, 6) is -1.47. The van der Waals surface area contributed by atoms with Gasteiger partial charge in [-0.3, -0.25) is 9.59 Å². The van der Waals surface area contributed by atoms with Crippen molar-refractivity contribution in [3.05, 3.63) is 59.7 Å². The van der Waals surface area contributed by atoms with Gasteiger partial charge >= 0.3 is 11.9 Å². The topological polar surface area (TPSA) is 52.6 Å². The first-order chi connectivity index (χ1) is 15.8. The Hall–Kier alpha value is -2.62. The van der Waals surface area contributed by atoms with Crippen molar-refractivity contribution in [3.8, 4) is 11.1 Å². The van der Waals surface area contributed by atoms with Crippen molar-refractivity contribution in [2.24, 2.45) is 11.8 Å². The third kappa shape index (κ3) is 4.58. The zero-order chi connectivity index (χ0) is 24.2. The summed E-state index contributed by atoms with van der Waals surface area (Å²) < 4.78 is 11.7. The lowest BCUT2D eigenvalue weighted by atomic mass is 9.58. The molecule has 0 bridgehead atoms. The molecule has 0 aromatic heterocycles. The summed E-state index contributed by atoms with van der Waals surface area (Å²) in [6, 6.07) is 16.4. The van der Waals surface area contributed by atoms with Crippen LogP contribution in [0.4, 0.5) is 0 Å². The Kier molecular flexibility index (Phi) is 7.99. The van der Waals surface area contributed by atoms with Crippen molar-refractivity contribution < 1.29 is 19.1 Å². The second-order valence-electron chi connectivity index (χ2n) is 9.61. The van der Waals surface area contributed by atoms with E-state index in [0.29, 0.717) is 12.8 Å². The standard InChI is InChI=1S/C29H38O4/c1-7-13-25(27(30)32-19(3)4)29(26(14-8-2)28(31)33-20(5)6)23-17-11-9-15-21(23)22-16-10-12-18-24(22)29/h9-12,15-20,25-26H,7-8,13-14H2,1-6H3. The highest BCUT2D eigenvalue weighted by molar-refractivity contribution is 5.90. The van der Waals surface area contributed by atoms with Gasteiger partial charge < -0.3 is 9.47 Å². The Morgan fingerprint density at radius 2 is 1.06 bits per heavy atom. The van der Waals surface area contributed by atoms with Crippen LogP contribution in [0.1, 0.15) is 78.4 Å². The molecule has 178 valence electrons. The summed E-state index contributed by atoms with van der Waals surface area (Å²) in [7, 11) is 0. The number of benzene rings is 2. The number of carbonyl (C=O) groups is 2. The molecule has 0 heterocycles. The van der Waals surface area contributed by atoms with Crippen LogP contribution in [0, 0.1) is 11.8 Å². The molecule has 4 heteroatoms. The minimum Gasteiger partial charge on any atom is -0.463 e. The SMILES string of the molecule is CCCC(C(=O)OC(C)C)C1(C(CCC)C(=O)OC(C)C)c2ccccc2-c2ccccc21. The Morgan fingerprint density at radius 3 is 1.39 bits per heavy atom. The molecule has 3 rings (SSSR count). The monoisotopic (exact) mass is 450 g/mol. The van der Waals surface area contributed by atoms with Crippen molar-refractivity contribution in [1.29, 1.82) is 0 Å². The number of fused-ring (bicyclic) bond motifs is 3. The van der Waals surface area contributed by atoms with E-state index >= 15 is 0 Å². The summed E-state index contributed by atoms with van der Waals surface area (Å²) in [5.41, 5.74) is 3.40. The number of hydrogen-bond acceptors (Lipinski definition) is 4. The molecule has 2 aromatic rings. The Bertz CT molecular complexity index is 896. The summed E-state index contributed by atoms with van der Waals surface area (Å²) in [6.07, 6.45) is 2.41. The maximum atomic E-state index is 13.7. The quantitative estimate of drug-likeness (QED) is 0.378. The molecule has 1 aliphatic rings. The highest BCUT2D eigenvalue weighted by Gasteiger charge is 2.58. The van der Waals surface area contributed by atoms with Crippen LogP contribution in [0.5, 0.6) is 0 Å². The third-order valence-electron chi connectivity index (χ3n) is 6.56. The molecule has 1 aliphatic carbocycles. The molecular weight excluding hydrogens is 412 g/mol. The van der Waals surface area contributed by atoms with E-state index in [-0.39, 0.29) is 24.1 Å². The lowest BCUT2D eigenvalue weighted by Gasteiger charge is -2.43. The van der Waals surface area contributed by atoms with Gasteiger partial charge in [-0.05, 0) is 62.8 Å². The minimum atomic E-state index is -0.836. The van der Waals surface area contributed by atoms with Crippen molar-refractivity contribution in [3.63, 3.8) is 0 Å². The molecule has 0 N–H and O–H groups in total. The van der Waals surface area contributed by atoms with Gasteiger partial charge in [0.1, 0.15) is 0 Å². The lowest BCUT2D eigenvalue weighted by Crippen LogP contribution is -2.50. The summed E-state index contributed by atoms with van der Waals surface area (Å²) in [5, 5.41) is 0. The molecule has 0 saturated heterocycles. The molecule has 0 saturated carbocycles. The minimum absolute atomic E-state index is 0.229. The van der Waals surface area contributed by atoms with E-state index < -0.39 is 17.3 Å². The zero-order valence-corrected chi connectivity index (χ0v) is 20.9. The van der Waals surface area contributed by atoms with E-state index in [1.54, 1.807) is 0 Å². The highest BCUT2D eigenvalue weighted by Crippen LogP contribution is 2.59. The van der Waals surface area contributed by atoms with Gasteiger partial charge in [-0.15, -0.1) is 0 Å². The fourth-order valence-electron chi connectivity index (χ4n) is 5.57. The van der Waals surface area contributed by atoms with Crippen LogP contribution in [0.2, 0.25) is 0 Å². The largest absolute Gasteiger partial charge is 0.463 e. The molecule has 0 aliphatic heterocycles.